The molecule has 2 N–H and O–H groups in total. The highest BCUT2D eigenvalue weighted by molar-refractivity contribution is 7.91. The zero-order valence-electron chi connectivity index (χ0n) is 10.8. The van der Waals surface area contributed by atoms with E-state index in [4.69, 9.17) is 0 Å². The Morgan fingerprint density at radius 2 is 2.05 bits per heavy atom. The first-order chi connectivity index (χ1) is 9.02. The SMILES string of the molecule is CNc1ccccc1C(=O)NC1CCCS(=O)(=O)C1. The van der Waals surface area contributed by atoms with Gasteiger partial charge in [-0.2, -0.15) is 0 Å². The lowest BCUT2D eigenvalue weighted by Gasteiger charge is -2.23. The fourth-order valence-electron chi connectivity index (χ4n) is 2.30. The van der Waals surface area contributed by atoms with Gasteiger partial charge in [-0.15, -0.1) is 0 Å². The largest absolute Gasteiger partial charge is 0.387 e. The third-order valence-electron chi connectivity index (χ3n) is 3.24. The van der Waals surface area contributed by atoms with Gasteiger partial charge in [-0.1, -0.05) is 12.1 Å². The number of para-hydroxylation sites is 1. The second kappa shape index (κ2) is 5.61. The van der Waals surface area contributed by atoms with Crippen LogP contribution in [0.3, 0.4) is 0 Å². The van der Waals surface area contributed by atoms with Crippen LogP contribution in [0.25, 0.3) is 0 Å². The van der Waals surface area contributed by atoms with Crippen molar-refractivity contribution in [1.29, 1.82) is 0 Å². The molecule has 1 atom stereocenters. The van der Waals surface area contributed by atoms with Gasteiger partial charge in [0.05, 0.1) is 17.1 Å². The molecule has 5 nitrogen and oxygen atoms in total. The Morgan fingerprint density at radius 3 is 2.74 bits per heavy atom. The molecule has 6 heteroatoms. The van der Waals surface area contributed by atoms with Gasteiger partial charge < -0.3 is 10.6 Å². The normalized spacial score (nSPS) is 21.6. The van der Waals surface area contributed by atoms with Gasteiger partial charge in [-0.3, -0.25) is 4.79 Å². The average molecular weight is 282 g/mol. The van der Waals surface area contributed by atoms with E-state index < -0.39 is 9.84 Å². The van der Waals surface area contributed by atoms with Crippen LogP contribution < -0.4 is 10.6 Å². The topological polar surface area (TPSA) is 75.3 Å². The lowest BCUT2D eigenvalue weighted by molar-refractivity contribution is 0.0939. The maximum Gasteiger partial charge on any atom is 0.253 e. The number of rotatable bonds is 3. The van der Waals surface area contributed by atoms with E-state index in [9.17, 15) is 13.2 Å². The summed E-state index contributed by atoms with van der Waals surface area (Å²) < 4.78 is 23.1. The van der Waals surface area contributed by atoms with E-state index >= 15 is 0 Å². The smallest absolute Gasteiger partial charge is 0.253 e. The second-order valence-electron chi connectivity index (χ2n) is 4.72. The highest BCUT2D eigenvalue weighted by Crippen LogP contribution is 2.16. The fraction of sp³-hybridized carbons (Fsp3) is 0.462. The first-order valence-electron chi connectivity index (χ1n) is 6.30. The van der Waals surface area contributed by atoms with E-state index in [1.807, 2.05) is 12.1 Å². The van der Waals surface area contributed by atoms with E-state index in [0.29, 0.717) is 18.4 Å². The molecule has 0 aromatic heterocycles. The molecule has 1 aliphatic rings. The summed E-state index contributed by atoms with van der Waals surface area (Å²) in [5, 5.41) is 5.76. The quantitative estimate of drug-likeness (QED) is 0.868. The third kappa shape index (κ3) is 3.47. The van der Waals surface area contributed by atoms with Gasteiger partial charge in [0.2, 0.25) is 0 Å². The lowest BCUT2D eigenvalue weighted by atomic mass is 10.1. The Morgan fingerprint density at radius 1 is 1.32 bits per heavy atom. The van der Waals surface area contributed by atoms with Crippen molar-refractivity contribution in [3.8, 4) is 0 Å². The molecule has 1 heterocycles. The van der Waals surface area contributed by atoms with Gasteiger partial charge in [-0.25, -0.2) is 8.42 Å². The summed E-state index contributed by atoms with van der Waals surface area (Å²) in [6.45, 7) is 0. The van der Waals surface area contributed by atoms with Crippen molar-refractivity contribution in [3.63, 3.8) is 0 Å². The molecule has 104 valence electrons. The van der Waals surface area contributed by atoms with Crippen molar-refractivity contribution in [3.05, 3.63) is 29.8 Å². The van der Waals surface area contributed by atoms with Gasteiger partial charge in [0.15, 0.2) is 9.84 Å². The van der Waals surface area contributed by atoms with Crippen LogP contribution in [0, 0.1) is 0 Å². The number of anilines is 1. The molecular formula is C13H18N2O3S. The summed E-state index contributed by atoms with van der Waals surface area (Å²) >= 11 is 0. The first-order valence-corrected chi connectivity index (χ1v) is 8.12. The Labute approximate surface area is 113 Å². The lowest BCUT2D eigenvalue weighted by Crippen LogP contribution is -2.43. The zero-order valence-corrected chi connectivity index (χ0v) is 11.7. The van der Waals surface area contributed by atoms with Gasteiger partial charge >= 0.3 is 0 Å². The molecule has 0 bridgehead atoms. The van der Waals surface area contributed by atoms with Crippen molar-refractivity contribution >= 4 is 21.4 Å². The van der Waals surface area contributed by atoms with Crippen LogP contribution in [0.5, 0.6) is 0 Å². The van der Waals surface area contributed by atoms with Crippen molar-refractivity contribution in [2.45, 2.75) is 18.9 Å². The van der Waals surface area contributed by atoms with Crippen LogP contribution in [0.2, 0.25) is 0 Å². The predicted molar refractivity (Wildman–Crippen MR) is 75.1 cm³/mol. The van der Waals surface area contributed by atoms with Crippen molar-refractivity contribution in [2.75, 3.05) is 23.9 Å². The summed E-state index contributed by atoms with van der Waals surface area (Å²) in [5.41, 5.74) is 1.27. The summed E-state index contributed by atoms with van der Waals surface area (Å²) in [5.74, 6) is 0.0412. The Bertz CT molecular complexity index is 569. The van der Waals surface area contributed by atoms with Crippen LogP contribution in [0.4, 0.5) is 5.69 Å². The molecule has 19 heavy (non-hydrogen) atoms. The highest BCUT2D eigenvalue weighted by atomic mass is 32.2. The molecule has 1 aromatic rings. The van der Waals surface area contributed by atoms with Gasteiger partial charge in [0.25, 0.3) is 5.91 Å². The minimum Gasteiger partial charge on any atom is -0.387 e. The van der Waals surface area contributed by atoms with Crippen molar-refractivity contribution in [2.24, 2.45) is 0 Å². The fourth-order valence-corrected chi connectivity index (χ4v) is 3.94. The van der Waals surface area contributed by atoms with E-state index in [2.05, 4.69) is 10.6 Å². The van der Waals surface area contributed by atoms with Crippen LogP contribution in [0.1, 0.15) is 23.2 Å². The molecule has 1 amide bonds. The molecule has 1 unspecified atom stereocenters. The number of hydrogen-bond acceptors (Lipinski definition) is 4. The van der Waals surface area contributed by atoms with Crippen LogP contribution in [-0.2, 0) is 9.84 Å². The predicted octanol–water partition coefficient (Wildman–Crippen LogP) is 1.04. The number of nitrogens with one attached hydrogen (secondary N) is 2. The van der Waals surface area contributed by atoms with E-state index in [-0.39, 0.29) is 23.5 Å². The van der Waals surface area contributed by atoms with Crippen LogP contribution in [0.15, 0.2) is 24.3 Å². The molecular weight excluding hydrogens is 264 g/mol. The molecule has 2 rings (SSSR count). The number of hydrogen-bond donors (Lipinski definition) is 2. The molecule has 0 spiro atoms. The molecule has 1 aliphatic heterocycles. The third-order valence-corrected chi connectivity index (χ3v) is 5.06. The van der Waals surface area contributed by atoms with Crippen molar-refractivity contribution in [1.82, 2.24) is 5.32 Å². The minimum atomic E-state index is -3.01. The Hall–Kier alpha value is -1.56. The van der Waals surface area contributed by atoms with Crippen LogP contribution >= 0.6 is 0 Å². The van der Waals surface area contributed by atoms with E-state index in [1.54, 1.807) is 19.2 Å². The molecule has 0 aliphatic carbocycles. The molecule has 0 radical (unpaired) electrons. The van der Waals surface area contributed by atoms with Gasteiger partial charge in [0.1, 0.15) is 0 Å². The van der Waals surface area contributed by atoms with Crippen molar-refractivity contribution < 1.29 is 13.2 Å². The van der Waals surface area contributed by atoms with Gasteiger partial charge in [-0.05, 0) is 25.0 Å². The monoisotopic (exact) mass is 282 g/mol. The summed E-state index contributed by atoms with van der Waals surface area (Å²) in [6, 6.07) is 6.88. The van der Waals surface area contributed by atoms with Gasteiger partial charge in [0, 0.05) is 18.8 Å². The molecule has 0 saturated carbocycles. The maximum absolute atomic E-state index is 12.2. The summed E-state index contributed by atoms with van der Waals surface area (Å²) in [7, 11) is -1.26. The second-order valence-corrected chi connectivity index (χ2v) is 6.95. The summed E-state index contributed by atoms with van der Waals surface area (Å²) in [4.78, 5) is 12.2. The molecule has 1 saturated heterocycles. The van der Waals surface area contributed by atoms with E-state index in [0.717, 1.165) is 5.69 Å². The number of carbonyl (C=O) groups is 1. The molecule has 1 fully saturated rings. The van der Waals surface area contributed by atoms with Crippen LogP contribution in [-0.4, -0.2) is 38.9 Å². The minimum absolute atomic E-state index is 0.0421. The number of sulfone groups is 1. The first kappa shape index (κ1) is 13.9. The van der Waals surface area contributed by atoms with E-state index in [1.165, 1.54) is 0 Å². The Kier molecular flexibility index (Phi) is 4.09. The highest BCUT2D eigenvalue weighted by Gasteiger charge is 2.26. The Balaban J connectivity index is 2.09. The zero-order chi connectivity index (χ0) is 13.9. The maximum atomic E-state index is 12.2. The number of amides is 1. The number of carbonyl (C=O) groups excluding carboxylic acids is 1. The summed E-state index contributed by atoms with van der Waals surface area (Å²) in [6.07, 6.45) is 1.33. The standard InChI is InChI=1S/C13H18N2O3S/c1-14-12-7-3-2-6-11(12)13(16)15-10-5-4-8-19(17,18)9-10/h2-3,6-7,10,14H,4-5,8-9H2,1H3,(H,15,16). The average Bonchev–Trinajstić information content (AvgIpc) is 2.37. The number of benzene rings is 1. The molecule has 1 aromatic carbocycles.